The van der Waals surface area contributed by atoms with E-state index >= 15 is 0 Å². The van der Waals surface area contributed by atoms with Gasteiger partial charge in [-0.25, -0.2) is 4.79 Å². The van der Waals surface area contributed by atoms with Crippen molar-refractivity contribution in [2.24, 2.45) is 0 Å². The fourth-order valence-corrected chi connectivity index (χ4v) is 5.85. The minimum absolute atomic E-state index is 0.0747. The van der Waals surface area contributed by atoms with Crippen LogP contribution in [0.15, 0.2) is 54.6 Å². The molecule has 0 aliphatic heterocycles. The van der Waals surface area contributed by atoms with E-state index in [9.17, 15) is 19.5 Å². The maximum Gasteiger partial charge on any atom is 0.335 e. The van der Waals surface area contributed by atoms with Gasteiger partial charge in [-0.2, -0.15) is 0 Å². The molecule has 12 heteroatoms. The monoisotopic (exact) mass is 616 g/mol. The van der Waals surface area contributed by atoms with Gasteiger partial charge in [0.2, 0.25) is 11.8 Å². The second kappa shape index (κ2) is 14.2. The van der Waals surface area contributed by atoms with Crippen LogP contribution in [0.4, 0.5) is 11.4 Å². The second-order valence-electron chi connectivity index (χ2n) is 7.66. The van der Waals surface area contributed by atoms with Crippen LogP contribution in [0.1, 0.15) is 21.5 Å². The molecule has 0 unspecified atom stereocenters. The molecule has 3 N–H and O–H groups in total. The zero-order valence-corrected chi connectivity index (χ0v) is 23.7. The minimum atomic E-state index is -1.19. The lowest BCUT2D eigenvalue weighted by Crippen LogP contribution is -2.17. The minimum Gasteiger partial charge on any atom is -0.478 e. The number of halogens is 4. The van der Waals surface area contributed by atoms with Gasteiger partial charge in [-0.05, 0) is 53.6 Å². The van der Waals surface area contributed by atoms with Crippen molar-refractivity contribution >= 4 is 99.1 Å². The molecule has 194 valence electrons. The van der Waals surface area contributed by atoms with Crippen molar-refractivity contribution in [1.82, 2.24) is 0 Å². The van der Waals surface area contributed by atoms with Gasteiger partial charge in [0.05, 0.1) is 17.1 Å². The molecule has 0 saturated carbocycles. The summed E-state index contributed by atoms with van der Waals surface area (Å²) in [6, 6.07) is 14.5. The third-order valence-corrected chi connectivity index (χ3v) is 7.90. The lowest BCUT2D eigenvalue weighted by atomic mass is 10.1. The first-order valence-corrected chi connectivity index (χ1v) is 14.4. The quantitative estimate of drug-likeness (QED) is 0.204. The molecule has 0 saturated heterocycles. The first-order chi connectivity index (χ1) is 17.6. The van der Waals surface area contributed by atoms with Gasteiger partial charge in [0.1, 0.15) is 0 Å². The van der Waals surface area contributed by atoms with Crippen LogP contribution < -0.4 is 10.6 Å². The number of carboxylic acids is 1. The molecule has 0 aliphatic rings. The number of anilines is 2. The highest BCUT2D eigenvalue weighted by atomic mass is 35.5. The molecule has 3 aromatic rings. The van der Waals surface area contributed by atoms with Gasteiger partial charge in [0.25, 0.3) is 0 Å². The van der Waals surface area contributed by atoms with E-state index < -0.39 is 5.97 Å². The average Bonchev–Trinajstić information content (AvgIpc) is 2.81. The van der Waals surface area contributed by atoms with Crippen LogP contribution >= 0.6 is 69.9 Å². The molecule has 0 spiro atoms. The topological polar surface area (TPSA) is 95.5 Å². The fraction of sp³-hybridized carbons (Fsp3) is 0.160. The highest BCUT2D eigenvalue weighted by Crippen LogP contribution is 2.26. The number of amides is 2. The number of aromatic carboxylic acids is 1. The summed E-state index contributed by atoms with van der Waals surface area (Å²) in [5.74, 6) is -0.623. The molecule has 37 heavy (non-hydrogen) atoms. The molecule has 0 aromatic heterocycles. The number of hydrogen-bond donors (Lipinski definition) is 3. The fourth-order valence-electron chi connectivity index (χ4n) is 3.07. The number of carboxylic acid groups (broad SMARTS) is 1. The van der Waals surface area contributed by atoms with Crippen LogP contribution in [0.3, 0.4) is 0 Å². The number of rotatable bonds is 11. The molecule has 2 amide bonds. The largest absolute Gasteiger partial charge is 0.478 e. The number of carbonyl (C=O) groups is 3. The Balaban J connectivity index is 1.55. The summed E-state index contributed by atoms with van der Waals surface area (Å²) in [5, 5.41) is 16.9. The molecular formula is C25H20Cl4N2O4S2. The van der Waals surface area contributed by atoms with Crippen molar-refractivity contribution in [1.29, 1.82) is 0 Å². The highest BCUT2D eigenvalue weighted by molar-refractivity contribution is 7.99. The molecule has 6 nitrogen and oxygen atoms in total. The van der Waals surface area contributed by atoms with E-state index in [1.807, 2.05) is 0 Å². The van der Waals surface area contributed by atoms with E-state index in [2.05, 4.69) is 10.6 Å². The predicted molar refractivity (Wildman–Crippen MR) is 156 cm³/mol. The Morgan fingerprint density at radius 2 is 1.11 bits per heavy atom. The summed E-state index contributed by atoms with van der Waals surface area (Å²) in [6.07, 6.45) is 0. The molecule has 0 atom stereocenters. The zero-order valence-electron chi connectivity index (χ0n) is 19.0. The van der Waals surface area contributed by atoms with Crippen molar-refractivity contribution in [2.75, 3.05) is 22.1 Å². The third kappa shape index (κ3) is 9.63. The van der Waals surface area contributed by atoms with Crippen molar-refractivity contribution in [2.45, 2.75) is 11.5 Å². The molecule has 3 aromatic carbocycles. The number of nitrogens with one attached hydrogen (secondary N) is 2. The molecule has 0 radical (unpaired) electrons. The summed E-state index contributed by atoms with van der Waals surface area (Å²) in [7, 11) is 0. The Bertz CT molecular complexity index is 1230. The third-order valence-electron chi connectivity index (χ3n) is 4.76. The maximum atomic E-state index is 12.4. The first-order valence-electron chi connectivity index (χ1n) is 10.6. The normalized spacial score (nSPS) is 10.7. The van der Waals surface area contributed by atoms with Crippen molar-refractivity contribution in [3.05, 3.63) is 91.4 Å². The molecular weight excluding hydrogens is 598 g/mol. The van der Waals surface area contributed by atoms with Crippen LogP contribution in [-0.2, 0) is 21.1 Å². The van der Waals surface area contributed by atoms with Gasteiger partial charge in [-0.15, -0.1) is 23.5 Å². The summed E-state index contributed by atoms with van der Waals surface area (Å²) in [4.78, 5) is 36.4. The lowest BCUT2D eigenvalue weighted by molar-refractivity contribution is -0.114. The molecule has 0 heterocycles. The van der Waals surface area contributed by atoms with E-state index in [1.165, 1.54) is 41.7 Å². The number of thioether (sulfide) groups is 2. The van der Waals surface area contributed by atoms with Gasteiger partial charge in [-0.1, -0.05) is 58.5 Å². The van der Waals surface area contributed by atoms with Crippen LogP contribution in [-0.4, -0.2) is 34.4 Å². The summed E-state index contributed by atoms with van der Waals surface area (Å²) in [6.45, 7) is 0. The summed E-state index contributed by atoms with van der Waals surface area (Å²) >= 11 is 26.8. The molecule has 0 fully saturated rings. The van der Waals surface area contributed by atoms with Gasteiger partial charge in [-0.3, -0.25) is 9.59 Å². The lowest BCUT2D eigenvalue weighted by Gasteiger charge is -2.11. The number of benzene rings is 3. The average molecular weight is 618 g/mol. The summed E-state index contributed by atoms with van der Waals surface area (Å²) < 4.78 is 0. The smallest absolute Gasteiger partial charge is 0.335 e. The standard InChI is InChI=1S/C25H20Cl4N2O4S2/c26-17-3-1-14(21(28)7-17)10-36-12-23(32)30-19-5-16(25(34)35)6-20(9-19)31-24(33)13-37-11-15-2-4-18(27)8-22(15)29/h1-9H,10-13H2,(H,30,32)(H,31,33)(H,34,35). The maximum absolute atomic E-state index is 12.4. The van der Waals surface area contributed by atoms with E-state index in [1.54, 1.807) is 36.4 Å². The Labute approximate surface area is 242 Å². The molecule has 0 bridgehead atoms. The van der Waals surface area contributed by atoms with E-state index in [-0.39, 0.29) is 40.3 Å². The van der Waals surface area contributed by atoms with Crippen LogP contribution in [0.25, 0.3) is 0 Å². The zero-order chi connectivity index (χ0) is 26.9. The Kier molecular flexibility index (Phi) is 11.3. The van der Waals surface area contributed by atoms with Crippen molar-refractivity contribution in [3.8, 4) is 0 Å². The Morgan fingerprint density at radius 3 is 1.49 bits per heavy atom. The van der Waals surface area contributed by atoms with Crippen molar-refractivity contribution in [3.63, 3.8) is 0 Å². The second-order valence-corrected chi connectivity index (χ2v) is 11.3. The van der Waals surface area contributed by atoms with Gasteiger partial charge < -0.3 is 15.7 Å². The van der Waals surface area contributed by atoms with Crippen LogP contribution in [0.2, 0.25) is 20.1 Å². The molecule has 0 aliphatic carbocycles. The van der Waals surface area contributed by atoms with Gasteiger partial charge >= 0.3 is 5.97 Å². The van der Waals surface area contributed by atoms with Crippen LogP contribution in [0, 0.1) is 0 Å². The van der Waals surface area contributed by atoms with E-state index in [0.29, 0.717) is 31.6 Å². The molecule has 3 rings (SSSR count). The number of carbonyl (C=O) groups excluding carboxylic acids is 2. The predicted octanol–water partition coefficient (Wildman–Crippen LogP) is 7.74. The number of hydrogen-bond acceptors (Lipinski definition) is 5. The van der Waals surface area contributed by atoms with E-state index in [0.717, 1.165) is 11.1 Å². The SMILES string of the molecule is O=C(CSCc1ccc(Cl)cc1Cl)Nc1cc(NC(=O)CSCc2ccc(Cl)cc2Cl)cc(C(=O)O)c1. The first kappa shape index (κ1) is 29.5. The summed E-state index contributed by atoms with van der Waals surface area (Å²) in [5.41, 5.74) is 2.13. The highest BCUT2D eigenvalue weighted by Gasteiger charge is 2.13. The Hall–Kier alpha value is -2.07. The van der Waals surface area contributed by atoms with Crippen LogP contribution in [0.5, 0.6) is 0 Å². The van der Waals surface area contributed by atoms with Gasteiger partial charge in [0.15, 0.2) is 0 Å². The van der Waals surface area contributed by atoms with E-state index in [4.69, 9.17) is 46.4 Å². The van der Waals surface area contributed by atoms with Crippen molar-refractivity contribution < 1.29 is 19.5 Å². The van der Waals surface area contributed by atoms with Gasteiger partial charge in [0, 0.05) is 43.0 Å². The Morgan fingerprint density at radius 1 is 0.676 bits per heavy atom.